The molecule has 1 N–H and O–H groups in total. The minimum atomic E-state index is -3.59. The minimum Gasteiger partial charge on any atom is -0.207 e. The molecule has 0 saturated heterocycles. The Morgan fingerprint density at radius 2 is 1.70 bits per heavy atom. The number of rotatable bonds is 4. The molecular formula is C14H13Br2NO2S. The summed E-state index contributed by atoms with van der Waals surface area (Å²) in [7, 11) is -3.59. The molecule has 0 radical (unpaired) electrons. The van der Waals surface area contributed by atoms with E-state index in [0.29, 0.717) is 8.95 Å². The van der Waals surface area contributed by atoms with Crippen molar-refractivity contribution in [2.24, 2.45) is 0 Å². The number of halogens is 2. The van der Waals surface area contributed by atoms with E-state index in [2.05, 4.69) is 36.6 Å². The molecule has 106 valence electrons. The highest BCUT2D eigenvalue weighted by Crippen LogP contribution is 2.27. The van der Waals surface area contributed by atoms with E-state index >= 15 is 0 Å². The standard InChI is InChI=1S/C14H13Br2NO2S/c1-10(11-5-3-2-4-6-11)17-20(18,19)14-9-12(15)7-8-13(14)16/h2-10,17H,1H3/t10-/m0/s1. The Hall–Kier alpha value is -0.690. The van der Waals surface area contributed by atoms with Crippen molar-refractivity contribution in [1.29, 1.82) is 0 Å². The van der Waals surface area contributed by atoms with E-state index in [1.54, 1.807) is 18.2 Å². The van der Waals surface area contributed by atoms with Gasteiger partial charge in [0.05, 0.1) is 4.90 Å². The molecule has 3 nitrogen and oxygen atoms in total. The molecule has 2 aromatic rings. The van der Waals surface area contributed by atoms with Crippen LogP contribution in [0, 0.1) is 0 Å². The topological polar surface area (TPSA) is 46.2 Å². The van der Waals surface area contributed by atoms with Gasteiger partial charge in [0.25, 0.3) is 0 Å². The minimum absolute atomic E-state index is 0.217. The first-order chi connectivity index (χ1) is 9.40. The summed E-state index contributed by atoms with van der Waals surface area (Å²) in [5.74, 6) is 0. The monoisotopic (exact) mass is 417 g/mol. The summed E-state index contributed by atoms with van der Waals surface area (Å²) < 4.78 is 28.8. The van der Waals surface area contributed by atoms with Gasteiger partial charge in [0.15, 0.2) is 0 Å². The van der Waals surface area contributed by atoms with Crippen LogP contribution in [0.25, 0.3) is 0 Å². The van der Waals surface area contributed by atoms with Gasteiger partial charge in [0.2, 0.25) is 10.0 Å². The Morgan fingerprint density at radius 1 is 1.05 bits per heavy atom. The zero-order valence-corrected chi connectivity index (χ0v) is 14.7. The van der Waals surface area contributed by atoms with Crippen molar-refractivity contribution in [2.45, 2.75) is 17.9 Å². The fraction of sp³-hybridized carbons (Fsp3) is 0.143. The van der Waals surface area contributed by atoms with Crippen molar-refractivity contribution in [1.82, 2.24) is 4.72 Å². The highest BCUT2D eigenvalue weighted by Gasteiger charge is 2.21. The number of nitrogens with one attached hydrogen (secondary N) is 1. The Kier molecular flexibility index (Phi) is 5.01. The van der Waals surface area contributed by atoms with Crippen LogP contribution in [0.3, 0.4) is 0 Å². The normalized spacial score (nSPS) is 13.2. The van der Waals surface area contributed by atoms with Crippen molar-refractivity contribution in [3.63, 3.8) is 0 Å². The van der Waals surface area contributed by atoms with Gasteiger partial charge >= 0.3 is 0 Å². The Bertz CT molecular complexity index is 702. The summed E-state index contributed by atoms with van der Waals surface area (Å²) in [4.78, 5) is 0.217. The summed E-state index contributed by atoms with van der Waals surface area (Å²) in [6.45, 7) is 1.82. The van der Waals surface area contributed by atoms with Crippen LogP contribution in [0.4, 0.5) is 0 Å². The van der Waals surface area contributed by atoms with Crippen molar-refractivity contribution in [2.75, 3.05) is 0 Å². The molecular weight excluding hydrogens is 406 g/mol. The molecule has 6 heteroatoms. The maximum absolute atomic E-state index is 12.4. The first-order valence-corrected chi connectivity index (χ1v) is 8.99. The van der Waals surface area contributed by atoms with Gasteiger partial charge in [-0.25, -0.2) is 13.1 Å². The van der Waals surface area contributed by atoms with Gasteiger partial charge in [-0.15, -0.1) is 0 Å². The zero-order chi connectivity index (χ0) is 14.8. The lowest BCUT2D eigenvalue weighted by Gasteiger charge is -2.15. The second-order valence-electron chi connectivity index (χ2n) is 4.33. The van der Waals surface area contributed by atoms with E-state index in [1.807, 2.05) is 37.3 Å². The molecule has 20 heavy (non-hydrogen) atoms. The maximum atomic E-state index is 12.4. The summed E-state index contributed by atoms with van der Waals surface area (Å²) in [6.07, 6.45) is 0. The predicted molar refractivity (Wildman–Crippen MR) is 87.0 cm³/mol. The third kappa shape index (κ3) is 3.69. The average molecular weight is 419 g/mol. The molecule has 1 atom stereocenters. The molecule has 0 aliphatic rings. The molecule has 2 rings (SSSR count). The molecule has 0 aromatic heterocycles. The van der Waals surface area contributed by atoms with Crippen molar-refractivity contribution in [3.8, 4) is 0 Å². The van der Waals surface area contributed by atoms with E-state index in [0.717, 1.165) is 5.56 Å². The SMILES string of the molecule is C[C@H](NS(=O)(=O)c1cc(Br)ccc1Br)c1ccccc1. The van der Waals surface area contributed by atoms with Crippen LogP contribution in [0.2, 0.25) is 0 Å². The summed E-state index contributed by atoms with van der Waals surface area (Å²) in [5, 5.41) is 0. The summed E-state index contributed by atoms with van der Waals surface area (Å²) in [5.41, 5.74) is 0.919. The third-order valence-electron chi connectivity index (χ3n) is 2.81. The van der Waals surface area contributed by atoms with E-state index in [1.165, 1.54) is 0 Å². The summed E-state index contributed by atoms with van der Waals surface area (Å²) >= 11 is 6.56. The van der Waals surface area contributed by atoms with Crippen LogP contribution in [0.1, 0.15) is 18.5 Å². The van der Waals surface area contributed by atoms with Crippen LogP contribution in [0.5, 0.6) is 0 Å². The van der Waals surface area contributed by atoms with Gasteiger partial charge in [-0.05, 0) is 46.6 Å². The second-order valence-corrected chi connectivity index (χ2v) is 7.78. The number of hydrogen-bond donors (Lipinski definition) is 1. The molecule has 0 amide bonds. The summed E-state index contributed by atoms with van der Waals surface area (Å²) in [6, 6.07) is 14.2. The highest BCUT2D eigenvalue weighted by atomic mass is 79.9. The molecule has 0 unspecified atom stereocenters. The lowest BCUT2D eigenvalue weighted by atomic mass is 10.1. The number of benzene rings is 2. The quantitative estimate of drug-likeness (QED) is 0.806. The van der Waals surface area contributed by atoms with Crippen molar-refractivity contribution in [3.05, 3.63) is 63.0 Å². The van der Waals surface area contributed by atoms with Crippen molar-refractivity contribution >= 4 is 41.9 Å². The lowest BCUT2D eigenvalue weighted by Crippen LogP contribution is -2.27. The van der Waals surface area contributed by atoms with Crippen LogP contribution >= 0.6 is 31.9 Å². The smallest absolute Gasteiger partial charge is 0.207 e. The Morgan fingerprint density at radius 3 is 2.35 bits per heavy atom. The van der Waals surface area contributed by atoms with E-state index in [-0.39, 0.29) is 10.9 Å². The second kappa shape index (κ2) is 6.39. The number of sulfonamides is 1. The first kappa shape index (κ1) is 15.7. The van der Waals surface area contributed by atoms with E-state index < -0.39 is 10.0 Å². The molecule has 0 aliphatic heterocycles. The largest absolute Gasteiger partial charge is 0.242 e. The van der Waals surface area contributed by atoms with Crippen LogP contribution in [0.15, 0.2) is 62.4 Å². The Labute approximate surface area is 135 Å². The molecule has 0 bridgehead atoms. The lowest BCUT2D eigenvalue weighted by molar-refractivity contribution is 0.566. The van der Waals surface area contributed by atoms with Gasteiger partial charge in [-0.3, -0.25) is 0 Å². The molecule has 0 heterocycles. The van der Waals surface area contributed by atoms with Crippen LogP contribution < -0.4 is 4.72 Å². The molecule has 0 fully saturated rings. The fourth-order valence-corrected chi connectivity index (χ4v) is 4.52. The van der Waals surface area contributed by atoms with Gasteiger partial charge < -0.3 is 0 Å². The van der Waals surface area contributed by atoms with Gasteiger partial charge in [0, 0.05) is 15.0 Å². The average Bonchev–Trinajstić information content (AvgIpc) is 2.42. The fourth-order valence-electron chi connectivity index (χ4n) is 1.79. The predicted octanol–water partition coefficient (Wildman–Crippen LogP) is 4.25. The molecule has 0 saturated carbocycles. The van der Waals surface area contributed by atoms with Crippen LogP contribution in [-0.4, -0.2) is 8.42 Å². The Balaban J connectivity index is 2.30. The zero-order valence-electron chi connectivity index (χ0n) is 10.7. The third-order valence-corrected chi connectivity index (χ3v) is 5.84. The van der Waals surface area contributed by atoms with E-state index in [4.69, 9.17) is 0 Å². The molecule has 2 aromatic carbocycles. The first-order valence-electron chi connectivity index (χ1n) is 5.92. The van der Waals surface area contributed by atoms with Gasteiger partial charge in [0.1, 0.15) is 0 Å². The van der Waals surface area contributed by atoms with Crippen molar-refractivity contribution < 1.29 is 8.42 Å². The van der Waals surface area contributed by atoms with Gasteiger partial charge in [-0.1, -0.05) is 46.3 Å². The van der Waals surface area contributed by atoms with E-state index in [9.17, 15) is 8.42 Å². The molecule has 0 aliphatic carbocycles. The molecule has 0 spiro atoms. The van der Waals surface area contributed by atoms with Crippen LogP contribution in [-0.2, 0) is 10.0 Å². The number of hydrogen-bond acceptors (Lipinski definition) is 2. The van der Waals surface area contributed by atoms with Gasteiger partial charge in [-0.2, -0.15) is 0 Å². The highest BCUT2D eigenvalue weighted by molar-refractivity contribution is 9.11. The maximum Gasteiger partial charge on any atom is 0.242 e.